The Bertz CT molecular complexity index is 159. The van der Waals surface area contributed by atoms with Gasteiger partial charge in [0.25, 0.3) is 0 Å². The van der Waals surface area contributed by atoms with Crippen LogP contribution in [0, 0.1) is 0 Å². The number of carbonyl (C=O) groups excluding carboxylic acids is 1. The maximum absolute atomic E-state index is 10.5. The fourth-order valence-corrected chi connectivity index (χ4v) is 0.961. The van der Waals surface area contributed by atoms with Crippen molar-refractivity contribution in [2.45, 2.75) is 13.0 Å². The van der Waals surface area contributed by atoms with Gasteiger partial charge in [0, 0.05) is 12.6 Å². The van der Waals surface area contributed by atoms with E-state index in [1.165, 1.54) is 0 Å². The van der Waals surface area contributed by atoms with E-state index in [4.69, 9.17) is 4.74 Å². The zero-order valence-corrected chi connectivity index (χ0v) is 6.67. The number of rotatable bonds is 2. The van der Waals surface area contributed by atoms with Gasteiger partial charge in [0.05, 0.1) is 13.2 Å². The maximum atomic E-state index is 10.5. The Kier molecular flexibility index (Phi) is 3.26. The van der Waals surface area contributed by atoms with Crippen molar-refractivity contribution in [1.29, 1.82) is 0 Å². The van der Waals surface area contributed by atoms with Crippen LogP contribution in [-0.4, -0.2) is 31.6 Å². The van der Waals surface area contributed by atoms with E-state index < -0.39 is 0 Å². The van der Waals surface area contributed by atoms with Crippen LogP contribution in [0.15, 0.2) is 12.2 Å². The lowest BCUT2D eigenvalue weighted by atomic mass is 10.2. The van der Waals surface area contributed by atoms with Crippen LogP contribution in [0.3, 0.4) is 0 Å². The lowest BCUT2D eigenvalue weighted by Crippen LogP contribution is -2.39. The quantitative estimate of drug-likeness (QED) is 0.576. The summed E-state index contributed by atoms with van der Waals surface area (Å²) in [5, 5.41) is 3.21. The molecule has 1 fully saturated rings. The summed E-state index contributed by atoms with van der Waals surface area (Å²) in [7, 11) is 0. The van der Waals surface area contributed by atoms with E-state index in [0.717, 1.165) is 13.2 Å². The molecule has 0 unspecified atom stereocenters. The second-order valence-corrected chi connectivity index (χ2v) is 2.61. The maximum Gasteiger partial charge on any atom is 0.152 e. The average Bonchev–Trinajstić information content (AvgIpc) is 2.03. The Morgan fingerprint density at radius 1 is 1.73 bits per heavy atom. The topological polar surface area (TPSA) is 38.3 Å². The molecule has 3 heteroatoms. The van der Waals surface area contributed by atoms with Crippen molar-refractivity contribution >= 4 is 5.78 Å². The van der Waals surface area contributed by atoms with Crippen LogP contribution >= 0.6 is 0 Å². The number of carbonyl (C=O) groups is 1. The van der Waals surface area contributed by atoms with Crippen LogP contribution in [0.5, 0.6) is 0 Å². The highest BCUT2D eigenvalue weighted by Crippen LogP contribution is 1.94. The van der Waals surface area contributed by atoms with E-state index in [0.29, 0.717) is 6.61 Å². The molecule has 62 valence electrons. The fraction of sp³-hybridized carbons (Fsp3) is 0.625. The highest BCUT2D eigenvalue weighted by Gasteiger charge is 2.08. The average molecular weight is 155 g/mol. The highest BCUT2D eigenvalue weighted by atomic mass is 16.5. The van der Waals surface area contributed by atoms with Crippen LogP contribution in [-0.2, 0) is 9.53 Å². The summed E-state index contributed by atoms with van der Waals surface area (Å²) in [5.41, 5.74) is 0. The number of ketones is 1. The van der Waals surface area contributed by atoms with Crippen molar-refractivity contribution < 1.29 is 9.53 Å². The number of hydrogen-bond donors (Lipinski definition) is 1. The van der Waals surface area contributed by atoms with Crippen molar-refractivity contribution in [3.05, 3.63) is 12.2 Å². The molecule has 0 bridgehead atoms. The SMILES string of the molecule is CC(=O)/C=C/[C@@H]1COCCN1. The van der Waals surface area contributed by atoms with E-state index in [-0.39, 0.29) is 11.8 Å². The lowest BCUT2D eigenvalue weighted by molar-refractivity contribution is -0.112. The molecule has 0 saturated carbocycles. The molecule has 1 aliphatic rings. The first-order chi connectivity index (χ1) is 5.29. The monoisotopic (exact) mass is 155 g/mol. The first-order valence-electron chi connectivity index (χ1n) is 3.79. The molecule has 0 aromatic heterocycles. The van der Waals surface area contributed by atoms with Crippen LogP contribution in [0.4, 0.5) is 0 Å². The second-order valence-electron chi connectivity index (χ2n) is 2.61. The summed E-state index contributed by atoms with van der Waals surface area (Å²) >= 11 is 0. The van der Waals surface area contributed by atoms with Gasteiger partial charge < -0.3 is 10.1 Å². The molecule has 0 spiro atoms. The molecule has 1 N–H and O–H groups in total. The summed E-state index contributed by atoms with van der Waals surface area (Å²) in [6.45, 7) is 3.85. The van der Waals surface area contributed by atoms with Gasteiger partial charge in [0.1, 0.15) is 0 Å². The molecule has 11 heavy (non-hydrogen) atoms. The van der Waals surface area contributed by atoms with Crippen molar-refractivity contribution in [2.75, 3.05) is 19.8 Å². The molecule has 0 aromatic carbocycles. The summed E-state index contributed by atoms with van der Waals surface area (Å²) in [6.07, 6.45) is 3.42. The van der Waals surface area contributed by atoms with E-state index in [1.54, 1.807) is 13.0 Å². The van der Waals surface area contributed by atoms with E-state index >= 15 is 0 Å². The van der Waals surface area contributed by atoms with Gasteiger partial charge in [-0.05, 0) is 13.0 Å². The molecule has 1 atom stereocenters. The zero-order valence-electron chi connectivity index (χ0n) is 6.67. The van der Waals surface area contributed by atoms with Crippen LogP contribution in [0.1, 0.15) is 6.92 Å². The Morgan fingerprint density at radius 2 is 2.55 bits per heavy atom. The van der Waals surface area contributed by atoms with Gasteiger partial charge >= 0.3 is 0 Å². The summed E-state index contributed by atoms with van der Waals surface area (Å²) in [5.74, 6) is 0.0809. The minimum absolute atomic E-state index is 0.0809. The van der Waals surface area contributed by atoms with Gasteiger partial charge in [-0.1, -0.05) is 6.08 Å². The largest absolute Gasteiger partial charge is 0.378 e. The Labute approximate surface area is 66.4 Å². The van der Waals surface area contributed by atoms with Crippen molar-refractivity contribution in [3.63, 3.8) is 0 Å². The molecule has 1 saturated heterocycles. The third-order valence-electron chi connectivity index (χ3n) is 1.51. The molecule has 0 aliphatic carbocycles. The fourth-order valence-electron chi connectivity index (χ4n) is 0.961. The molecule has 1 heterocycles. The summed E-state index contributed by atoms with van der Waals surface area (Å²) in [6, 6.07) is 0.215. The van der Waals surface area contributed by atoms with Gasteiger partial charge in [-0.3, -0.25) is 4.79 Å². The Morgan fingerprint density at radius 3 is 3.09 bits per heavy atom. The number of allylic oxidation sites excluding steroid dienone is 1. The van der Waals surface area contributed by atoms with Crippen molar-refractivity contribution in [1.82, 2.24) is 5.32 Å². The normalized spacial score (nSPS) is 25.7. The van der Waals surface area contributed by atoms with Crippen LogP contribution in [0.25, 0.3) is 0 Å². The number of morpholine rings is 1. The number of nitrogens with one attached hydrogen (secondary N) is 1. The van der Waals surface area contributed by atoms with Crippen LogP contribution in [0.2, 0.25) is 0 Å². The van der Waals surface area contributed by atoms with Crippen molar-refractivity contribution in [2.24, 2.45) is 0 Å². The minimum atomic E-state index is 0.0809. The third kappa shape index (κ3) is 3.30. The van der Waals surface area contributed by atoms with Gasteiger partial charge in [0.2, 0.25) is 0 Å². The molecule has 1 rings (SSSR count). The molecule has 0 amide bonds. The first kappa shape index (κ1) is 8.43. The molecular formula is C8H13NO2. The summed E-state index contributed by atoms with van der Waals surface area (Å²) < 4.78 is 5.19. The van der Waals surface area contributed by atoms with E-state index in [2.05, 4.69) is 5.32 Å². The smallest absolute Gasteiger partial charge is 0.152 e. The number of hydrogen-bond acceptors (Lipinski definition) is 3. The lowest BCUT2D eigenvalue weighted by Gasteiger charge is -2.20. The molecular weight excluding hydrogens is 142 g/mol. The van der Waals surface area contributed by atoms with Gasteiger partial charge in [-0.25, -0.2) is 0 Å². The number of ether oxygens (including phenoxy) is 1. The van der Waals surface area contributed by atoms with E-state index in [1.807, 2.05) is 6.08 Å². The Hall–Kier alpha value is -0.670. The van der Waals surface area contributed by atoms with Crippen molar-refractivity contribution in [3.8, 4) is 0 Å². The second kappa shape index (κ2) is 4.26. The van der Waals surface area contributed by atoms with Gasteiger partial charge in [-0.2, -0.15) is 0 Å². The summed E-state index contributed by atoms with van der Waals surface area (Å²) in [4.78, 5) is 10.5. The predicted octanol–water partition coefficient (Wildman–Crippen LogP) is 0.120. The van der Waals surface area contributed by atoms with Crippen LogP contribution < -0.4 is 5.32 Å². The Balaban J connectivity index is 2.29. The molecule has 0 aromatic rings. The van der Waals surface area contributed by atoms with Gasteiger partial charge in [-0.15, -0.1) is 0 Å². The van der Waals surface area contributed by atoms with Gasteiger partial charge in [0.15, 0.2) is 5.78 Å². The minimum Gasteiger partial charge on any atom is -0.378 e. The first-order valence-corrected chi connectivity index (χ1v) is 3.79. The molecule has 1 aliphatic heterocycles. The highest BCUT2D eigenvalue weighted by molar-refractivity contribution is 5.87. The predicted molar refractivity (Wildman–Crippen MR) is 42.4 cm³/mol. The molecule has 0 radical (unpaired) electrons. The zero-order chi connectivity index (χ0) is 8.10. The third-order valence-corrected chi connectivity index (χ3v) is 1.51. The molecule has 3 nitrogen and oxygen atoms in total. The van der Waals surface area contributed by atoms with E-state index in [9.17, 15) is 4.79 Å². The standard InChI is InChI=1S/C8H13NO2/c1-7(10)2-3-8-6-11-5-4-9-8/h2-3,8-9H,4-6H2,1H3/b3-2+/t8-/m1/s1.